The maximum atomic E-state index is 13.6. The van der Waals surface area contributed by atoms with Crippen LogP contribution in [0.1, 0.15) is 18.0 Å². The van der Waals surface area contributed by atoms with Crippen LogP contribution in [0.4, 0.5) is 20.5 Å². The molecule has 1 saturated heterocycles. The van der Waals surface area contributed by atoms with Crippen molar-refractivity contribution in [3.05, 3.63) is 41.6 Å². The first-order valence-electron chi connectivity index (χ1n) is 7.79. The number of aliphatic hydroxyl groups is 1. The number of aliphatic hydroxyl groups excluding tert-OH is 1. The SMILES string of the molecule is Cn1ncc2c(N)nc(N3C[C@H](O)C[C@H]3c3ccc(F)c(F)c3)nc21. The minimum Gasteiger partial charge on any atom is -0.391 e. The summed E-state index contributed by atoms with van der Waals surface area (Å²) in [6.45, 7) is 0.270. The Labute approximate surface area is 141 Å². The fourth-order valence-electron chi connectivity index (χ4n) is 3.23. The Bertz CT molecular complexity index is 959. The second-order valence-electron chi connectivity index (χ2n) is 6.15. The first kappa shape index (κ1) is 15.7. The van der Waals surface area contributed by atoms with Gasteiger partial charge in [-0.3, -0.25) is 4.68 Å². The molecule has 0 saturated carbocycles. The number of rotatable bonds is 2. The van der Waals surface area contributed by atoms with Crippen LogP contribution in [0.25, 0.3) is 11.0 Å². The van der Waals surface area contributed by atoms with E-state index in [0.717, 1.165) is 12.1 Å². The fraction of sp³-hybridized carbons (Fsp3) is 0.312. The van der Waals surface area contributed by atoms with Gasteiger partial charge in [0.25, 0.3) is 0 Å². The van der Waals surface area contributed by atoms with Crippen LogP contribution in [0.5, 0.6) is 0 Å². The van der Waals surface area contributed by atoms with Crippen molar-refractivity contribution < 1.29 is 13.9 Å². The third-order valence-corrected chi connectivity index (χ3v) is 4.47. The van der Waals surface area contributed by atoms with E-state index in [0.29, 0.717) is 29.0 Å². The third kappa shape index (κ3) is 2.56. The van der Waals surface area contributed by atoms with Crippen LogP contribution in [0, 0.1) is 11.6 Å². The monoisotopic (exact) mass is 346 g/mol. The van der Waals surface area contributed by atoms with Gasteiger partial charge >= 0.3 is 0 Å². The summed E-state index contributed by atoms with van der Waals surface area (Å²) in [5, 5.41) is 14.8. The molecule has 25 heavy (non-hydrogen) atoms. The van der Waals surface area contributed by atoms with Crippen LogP contribution in [-0.4, -0.2) is 37.5 Å². The number of fused-ring (bicyclic) bond motifs is 1. The summed E-state index contributed by atoms with van der Waals surface area (Å²) in [6.07, 6.45) is 1.31. The highest BCUT2D eigenvalue weighted by Gasteiger charge is 2.34. The molecule has 0 spiro atoms. The molecule has 9 heteroatoms. The normalized spacial score (nSPS) is 20.6. The van der Waals surface area contributed by atoms with E-state index in [1.165, 1.54) is 6.07 Å². The van der Waals surface area contributed by atoms with E-state index in [4.69, 9.17) is 5.73 Å². The Kier molecular flexibility index (Phi) is 3.53. The number of hydrogen-bond acceptors (Lipinski definition) is 6. The molecule has 4 rings (SSSR count). The van der Waals surface area contributed by atoms with Crippen LogP contribution >= 0.6 is 0 Å². The molecule has 2 atom stereocenters. The molecule has 2 aromatic heterocycles. The summed E-state index contributed by atoms with van der Waals surface area (Å²) in [5.41, 5.74) is 7.10. The largest absolute Gasteiger partial charge is 0.391 e. The number of halogens is 2. The first-order chi connectivity index (χ1) is 11.9. The lowest BCUT2D eigenvalue weighted by atomic mass is 10.0. The highest BCUT2D eigenvalue weighted by Crippen LogP contribution is 2.36. The molecule has 0 aliphatic carbocycles. The van der Waals surface area contributed by atoms with Crippen molar-refractivity contribution >= 4 is 22.8 Å². The lowest BCUT2D eigenvalue weighted by Gasteiger charge is -2.25. The maximum Gasteiger partial charge on any atom is 0.229 e. The van der Waals surface area contributed by atoms with Crippen molar-refractivity contribution in [2.45, 2.75) is 18.6 Å². The number of nitrogen functional groups attached to an aromatic ring is 1. The Morgan fingerprint density at radius 2 is 2.04 bits per heavy atom. The number of nitrogens with zero attached hydrogens (tertiary/aromatic N) is 5. The number of aryl methyl sites for hydroxylation is 1. The lowest BCUT2D eigenvalue weighted by Crippen LogP contribution is -2.26. The van der Waals surface area contributed by atoms with E-state index in [1.807, 2.05) is 0 Å². The van der Waals surface area contributed by atoms with Gasteiger partial charge in [0.1, 0.15) is 5.82 Å². The zero-order chi connectivity index (χ0) is 17.7. The molecule has 1 aliphatic rings. The second-order valence-corrected chi connectivity index (χ2v) is 6.15. The van der Waals surface area contributed by atoms with Gasteiger partial charge in [0.05, 0.1) is 23.7 Å². The number of anilines is 2. The molecule has 0 radical (unpaired) electrons. The van der Waals surface area contributed by atoms with Crippen molar-refractivity contribution in [1.82, 2.24) is 19.7 Å². The van der Waals surface area contributed by atoms with Gasteiger partial charge in [-0.1, -0.05) is 6.07 Å². The molecular formula is C16H16F2N6O. The molecule has 0 amide bonds. The number of nitrogens with two attached hydrogens (primary N) is 1. The Balaban J connectivity index is 1.79. The number of β-amino-alcohol motifs (C(OH)–C–C–N with tert-alkyl or cyclic N) is 1. The summed E-state index contributed by atoms with van der Waals surface area (Å²) in [4.78, 5) is 10.5. The topological polar surface area (TPSA) is 93.1 Å². The van der Waals surface area contributed by atoms with Crippen molar-refractivity contribution in [3.8, 4) is 0 Å². The van der Waals surface area contributed by atoms with Gasteiger partial charge < -0.3 is 15.7 Å². The molecular weight excluding hydrogens is 330 g/mol. The predicted molar refractivity (Wildman–Crippen MR) is 87.8 cm³/mol. The molecule has 7 nitrogen and oxygen atoms in total. The third-order valence-electron chi connectivity index (χ3n) is 4.47. The van der Waals surface area contributed by atoms with Crippen LogP contribution in [0.3, 0.4) is 0 Å². The number of aromatic nitrogens is 4. The highest BCUT2D eigenvalue weighted by atomic mass is 19.2. The number of hydrogen-bond donors (Lipinski definition) is 2. The maximum absolute atomic E-state index is 13.6. The quantitative estimate of drug-likeness (QED) is 0.731. The van der Waals surface area contributed by atoms with Gasteiger partial charge in [-0.2, -0.15) is 15.1 Å². The molecule has 3 aromatic rings. The fourth-order valence-corrected chi connectivity index (χ4v) is 3.23. The van der Waals surface area contributed by atoms with Crippen LogP contribution in [0.2, 0.25) is 0 Å². The minimum atomic E-state index is -0.929. The van der Waals surface area contributed by atoms with Gasteiger partial charge in [0.2, 0.25) is 5.95 Å². The summed E-state index contributed by atoms with van der Waals surface area (Å²) < 4.78 is 28.4. The molecule has 3 heterocycles. The Hall–Kier alpha value is -2.81. The molecule has 1 fully saturated rings. The summed E-state index contributed by atoms with van der Waals surface area (Å²) >= 11 is 0. The van der Waals surface area contributed by atoms with E-state index in [-0.39, 0.29) is 18.4 Å². The summed E-state index contributed by atoms with van der Waals surface area (Å²) in [5.74, 6) is -1.24. The smallest absolute Gasteiger partial charge is 0.229 e. The summed E-state index contributed by atoms with van der Waals surface area (Å²) in [7, 11) is 1.74. The van der Waals surface area contributed by atoms with E-state index >= 15 is 0 Å². The zero-order valence-electron chi connectivity index (χ0n) is 13.4. The highest BCUT2D eigenvalue weighted by molar-refractivity contribution is 5.86. The van der Waals surface area contributed by atoms with Gasteiger partial charge in [-0.05, 0) is 24.1 Å². The van der Waals surface area contributed by atoms with Crippen LogP contribution in [0.15, 0.2) is 24.4 Å². The lowest BCUT2D eigenvalue weighted by molar-refractivity contribution is 0.194. The average Bonchev–Trinajstić information content (AvgIpc) is 3.14. The predicted octanol–water partition coefficient (Wildman–Crippen LogP) is 1.54. The Morgan fingerprint density at radius 1 is 1.24 bits per heavy atom. The minimum absolute atomic E-state index is 0.270. The second kappa shape index (κ2) is 5.62. The average molecular weight is 346 g/mol. The van der Waals surface area contributed by atoms with Gasteiger partial charge in [-0.15, -0.1) is 0 Å². The summed E-state index contributed by atoms with van der Waals surface area (Å²) in [6, 6.07) is 3.33. The van der Waals surface area contributed by atoms with E-state index < -0.39 is 17.7 Å². The molecule has 130 valence electrons. The van der Waals surface area contributed by atoms with Crippen LogP contribution in [-0.2, 0) is 7.05 Å². The van der Waals surface area contributed by atoms with Gasteiger partial charge in [-0.25, -0.2) is 8.78 Å². The molecule has 0 unspecified atom stereocenters. The van der Waals surface area contributed by atoms with Crippen molar-refractivity contribution in [2.24, 2.45) is 7.05 Å². The van der Waals surface area contributed by atoms with E-state index in [2.05, 4.69) is 15.1 Å². The molecule has 1 aliphatic heterocycles. The molecule has 3 N–H and O–H groups in total. The van der Waals surface area contributed by atoms with E-state index in [9.17, 15) is 13.9 Å². The first-order valence-corrected chi connectivity index (χ1v) is 7.79. The zero-order valence-corrected chi connectivity index (χ0v) is 13.4. The van der Waals surface area contributed by atoms with Gasteiger partial charge in [0.15, 0.2) is 17.3 Å². The molecule has 1 aromatic carbocycles. The standard InChI is InChI=1S/C16H16F2N6O/c1-23-15-10(6-20-23)14(19)21-16(22-15)24-7-9(25)5-13(24)8-2-3-11(17)12(18)4-8/h2-4,6,9,13,25H,5,7H2,1H3,(H2,19,21,22)/t9-,13+/m1/s1. The van der Waals surface area contributed by atoms with Crippen molar-refractivity contribution in [1.29, 1.82) is 0 Å². The molecule has 0 bridgehead atoms. The van der Waals surface area contributed by atoms with Gasteiger partial charge in [0, 0.05) is 13.6 Å². The number of benzene rings is 1. The Morgan fingerprint density at radius 3 is 2.80 bits per heavy atom. The van der Waals surface area contributed by atoms with Crippen LogP contribution < -0.4 is 10.6 Å². The van der Waals surface area contributed by atoms with E-state index in [1.54, 1.807) is 22.8 Å². The van der Waals surface area contributed by atoms with Crippen molar-refractivity contribution in [3.63, 3.8) is 0 Å². The van der Waals surface area contributed by atoms with Crippen molar-refractivity contribution in [2.75, 3.05) is 17.2 Å².